The van der Waals surface area contributed by atoms with Crippen LogP contribution in [-0.2, 0) is 4.79 Å². The van der Waals surface area contributed by atoms with Crippen LogP contribution in [0, 0.1) is 0 Å². The first-order chi connectivity index (χ1) is 4.27. The van der Waals surface area contributed by atoms with Gasteiger partial charge in [-0.15, -0.1) is 0 Å². The first kappa shape index (κ1) is 8.03. The van der Waals surface area contributed by atoms with Gasteiger partial charge in [0.05, 0.1) is 5.55 Å². The molecule has 0 rings (SSSR count). The van der Waals surface area contributed by atoms with Crippen molar-refractivity contribution in [3.63, 3.8) is 0 Å². The number of hydrazone groups is 1. The van der Waals surface area contributed by atoms with Gasteiger partial charge in [0.1, 0.15) is 0 Å². The van der Waals surface area contributed by atoms with Gasteiger partial charge in [-0.05, 0) is 5.41 Å². The quantitative estimate of drug-likeness (QED) is 0.196. The van der Waals surface area contributed by atoms with Crippen LogP contribution in [0.3, 0.4) is 0 Å². The van der Waals surface area contributed by atoms with E-state index in [2.05, 4.69) is 5.10 Å². The third-order valence-corrected chi connectivity index (χ3v) is 0.948. The zero-order chi connectivity index (χ0) is 7.11. The molecule has 0 bridgehead atoms. The Morgan fingerprint density at radius 3 is 2.89 bits per heavy atom. The van der Waals surface area contributed by atoms with E-state index in [0.717, 1.165) is 17.8 Å². The number of nitrogens with zero attached hydrogens (tertiary/aromatic N) is 1. The smallest absolute Gasteiger partial charge is 0.328 e. The Labute approximate surface area is 56.4 Å². The zero-order valence-corrected chi connectivity index (χ0v) is 5.34. The van der Waals surface area contributed by atoms with Gasteiger partial charge in [-0.1, -0.05) is 11.8 Å². The van der Waals surface area contributed by atoms with Crippen molar-refractivity contribution in [1.29, 1.82) is 0 Å². The lowest BCUT2D eigenvalue weighted by Gasteiger charge is -1.76. The first-order valence-corrected chi connectivity index (χ1v) is 2.98. The minimum atomic E-state index is -0.979. The summed E-state index contributed by atoms with van der Waals surface area (Å²) in [6, 6.07) is 0. The lowest BCUT2D eigenvalue weighted by atomic mass is 10.7. The van der Waals surface area contributed by atoms with E-state index in [1.165, 1.54) is 11.0 Å². The van der Waals surface area contributed by atoms with E-state index in [1.54, 1.807) is 0 Å². The molecule has 0 aliphatic carbocycles. The SMILES string of the molecule is NN=CS/C=C\C(=O)O. The highest BCUT2D eigenvalue weighted by molar-refractivity contribution is 8.14. The molecule has 9 heavy (non-hydrogen) atoms. The number of hydrogen-bond acceptors (Lipinski definition) is 4. The summed E-state index contributed by atoms with van der Waals surface area (Å²) in [5, 5.41) is 12.5. The second-order valence-electron chi connectivity index (χ2n) is 1.03. The van der Waals surface area contributed by atoms with Gasteiger partial charge < -0.3 is 10.9 Å². The Balaban J connectivity index is 3.36. The Morgan fingerprint density at radius 2 is 2.44 bits per heavy atom. The van der Waals surface area contributed by atoms with E-state index in [0.29, 0.717) is 0 Å². The molecule has 0 saturated carbocycles. The second kappa shape index (κ2) is 5.17. The molecule has 0 saturated heterocycles. The van der Waals surface area contributed by atoms with Crippen LogP contribution in [0.25, 0.3) is 0 Å². The predicted octanol–water partition coefficient (Wildman–Crippen LogP) is 0.220. The summed E-state index contributed by atoms with van der Waals surface area (Å²) in [7, 11) is 0. The van der Waals surface area contributed by atoms with Crippen molar-refractivity contribution in [3.05, 3.63) is 11.5 Å². The maximum Gasteiger partial charge on any atom is 0.328 e. The Hall–Kier alpha value is -0.970. The molecule has 0 radical (unpaired) electrons. The van der Waals surface area contributed by atoms with E-state index in [4.69, 9.17) is 10.9 Å². The van der Waals surface area contributed by atoms with Crippen molar-refractivity contribution in [2.75, 3.05) is 0 Å². The van der Waals surface area contributed by atoms with Crippen molar-refractivity contribution in [2.24, 2.45) is 10.9 Å². The van der Waals surface area contributed by atoms with Gasteiger partial charge in [-0.2, -0.15) is 5.10 Å². The van der Waals surface area contributed by atoms with Crippen molar-refractivity contribution < 1.29 is 9.90 Å². The topological polar surface area (TPSA) is 75.7 Å². The Morgan fingerprint density at radius 1 is 1.78 bits per heavy atom. The summed E-state index contributed by atoms with van der Waals surface area (Å²) in [6.45, 7) is 0. The summed E-state index contributed by atoms with van der Waals surface area (Å²) in [5.74, 6) is 3.73. The molecule has 0 aliphatic rings. The number of rotatable bonds is 3. The fourth-order valence-electron chi connectivity index (χ4n) is 0.168. The van der Waals surface area contributed by atoms with Crippen molar-refractivity contribution >= 4 is 23.3 Å². The summed E-state index contributed by atoms with van der Waals surface area (Å²) >= 11 is 1.10. The molecule has 5 heteroatoms. The predicted molar refractivity (Wildman–Crippen MR) is 37.0 cm³/mol. The van der Waals surface area contributed by atoms with Gasteiger partial charge >= 0.3 is 5.97 Å². The van der Waals surface area contributed by atoms with Crippen molar-refractivity contribution in [1.82, 2.24) is 0 Å². The van der Waals surface area contributed by atoms with Gasteiger partial charge in [-0.3, -0.25) is 0 Å². The zero-order valence-electron chi connectivity index (χ0n) is 4.52. The highest BCUT2D eigenvalue weighted by Crippen LogP contribution is 1.94. The maximum atomic E-state index is 9.79. The summed E-state index contributed by atoms with van der Waals surface area (Å²) in [5.41, 5.74) is 1.33. The molecule has 0 aromatic rings. The number of thioether (sulfide) groups is 1. The van der Waals surface area contributed by atoms with Crippen LogP contribution < -0.4 is 5.84 Å². The van der Waals surface area contributed by atoms with E-state index >= 15 is 0 Å². The third-order valence-electron chi connectivity index (χ3n) is 0.411. The third kappa shape index (κ3) is 7.03. The van der Waals surface area contributed by atoms with Crippen LogP contribution in [0.4, 0.5) is 0 Å². The minimum Gasteiger partial charge on any atom is -0.478 e. The van der Waals surface area contributed by atoms with Crippen LogP contribution in [0.5, 0.6) is 0 Å². The van der Waals surface area contributed by atoms with Gasteiger partial charge in [0.25, 0.3) is 0 Å². The lowest BCUT2D eigenvalue weighted by Crippen LogP contribution is -1.84. The van der Waals surface area contributed by atoms with Crippen LogP contribution >= 0.6 is 11.8 Å². The fraction of sp³-hybridized carbons (Fsp3) is 0. The minimum absolute atomic E-state index is 0.979. The highest BCUT2D eigenvalue weighted by Gasteiger charge is 1.81. The van der Waals surface area contributed by atoms with E-state index in [-0.39, 0.29) is 0 Å². The molecule has 0 aromatic carbocycles. The number of carboxylic acids is 1. The van der Waals surface area contributed by atoms with Gasteiger partial charge in [0.2, 0.25) is 0 Å². The Bertz CT molecular complexity index is 144. The van der Waals surface area contributed by atoms with Crippen LogP contribution in [0.2, 0.25) is 0 Å². The summed E-state index contributed by atoms with van der Waals surface area (Å²) in [6.07, 6.45) is 1.01. The maximum absolute atomic E-state index is 9.79. The van der Waals surface area contributed by atoms with Crippen LogP contribution in [0.1, 0.15) is 0 Å². The molecule has 4 nitrogen and oxygen atoms in total. The average Bonchev–Trinajstić information content (AvgIpc) is 1.80. The molecule has 0 heterocycles. The van der Waals surface area contributed by atoms with E-state index < -0.39 is 5.97 Å². The molecule has 0 aliphatic heterocycles. The summed E-state index contributed by atoms with van der Waals surface area (Å²) < 4.78 is 0. The molecule has 0 spiro atoms. The standard InChI is InChI=1S/C4H6N2O2S/c5-6-3-9-2-1-4(7)8/h1-3H,5H2,(H,7,8)/b2-1-,6-3?. The Kier molecular flexibility index (Phi) is 4.61. The highest BCUT2D eigenvalue weighted by atomic mass is 32.2. The average molecular weight is 146 g/mol. The molecular weight excluding hydrogens is 140 g/mol. The van der Waals surface area contributed by atoms with Crippen LogP contribution in [0.15, 0.2) is 16.6 Å². The summed E-state index contributed by atoms with van der Waals surface area (Å²) in [4.78, 5) is 9.79. The molecule has 0 amide bonds. The van der Waals surface area contributed by atoms with Gasteiger partial charge in [0, 0.05) is 6.08 Å². The molecular formula is C4H6N2O2S. The number of hydrogen-bond donors (Lipinski definition) is 2. The van der Waals surface area contributed by atoms with Crippen molar-refractivity contribution in [2.45, 2.75) is 0 Å². The molecule has 0 aromatic heterocycles. The number of carboxylic acid groups (broad SMARTS) is 1. The molecule has 0 atom stereocenters. The lowest BCUT2D eigenvalue weighted by molar-refractivity contribution is -0.131. The van der Waals surface area contributed by atoms with Gasteiger partial charge in [-0.25, -0.2) is 4.79 Å². The monoisotopic (exact) mass is 146 g/mol. The van der Waals surface area contributed by atoms with E-state index in [9.17, 15) is 4.79 Å². The first-order valence-electron chi connectivity index (χ1n) is 2.04. The van der Waals surface area contributed by atoms with E-state index in [1.807, 2.05) is 0 Å². The van der Waals surface area contributed by atoms with Gasteiger partial charge in [0.15, 0.2) is 0 Å². The number of nitrogens with two attached hydrogens (primary N) is 1. The largest absolute Gasteiger partial charge is 0.478 e. The normalized spacial score (nSPS) is 11.1. The van der Waals surface area contributed by atoms with Crippen LogP contribution in [-0.4, -0.2) is 16.6 Å². The van der Waals surface area contributed by atoms with Crippen molar-refractivity contribution in [3.8, 4) is 0 Å². The molecule has 0 fully saturated rings. The molecule has 3 N–H and O–H groups in total. The fourth-order valence-corrected chi connectivity index (χ4v) is 0.503. The molecule has 50 valence electrons. The molecule has 0 unspecified atom stereocenters. The number of carbonyl (C=O) groups is 1. The number of aliphatic carboxylic acids is 1. The second-order valence-corrected chi connectivity index (χ2v) is 1.79.